The predicted molar refractivity (Wildman–Crippen MR) is 242 cm³/mol. The summed E-state index contributed by atoms with van der Waals surface area (Å²) in [7, 11) is 0. The van der Waals surface area contributed by atoms with Crippen molar-refractivity contribution in [2.24, 2.45) is 0 Å². The lowest BCUT2D eigenvalue weighted by Gasteiger charge is -2.15. The predicted octanol–water partition coefficient (Wildman–Crippen LogP) is 14.5. The first kappa shape index (κ1) is 33.6. The van der Waals surface area contributed by atoms with E-state index in [2.05, 4.69) is 182 Å². The van der Waals surface area contributed by atoms with Gasteiger partial charge < -0.3 is 0 Å². The number of aromatic nitrogens is 3. The molecule has 0 bridgehead atoms. The Morgan fingerprint density at radius 1 is 0.224 bits per heavy atom. The fraction of sp³-hybridized carbons (Fsp3) is 0. The van der Waals surface area contributed by atoms with Gasteiger partial charge in [0.1, 0.15) is 0 Å². The van der Waals surface area contributed by atoms with Crippen LogP contribution in [0.1, 0.15) is 0 Å². The first-order valence-electron chi connectivity index (χ1n) is 19.7. The Morgan fingerprint density at radius 3 is 1.45 bits per heavy atom. The molecule has 0 saturated carbocycles. The van der Waals surface area contributed by atoms with Crippen LogP contribution < -0.4 is 0 Å². The van der Waals surface area contributed by atoms with Crippen LogP contribution in [0.4, 0.5) is 0 Å². The highest BCUT2D eigenvalue weighted by molar-refractivity contribution is 6.20. The van der Waals surface area contributed by atoms with Gasteiger partial charge in [-0.2, -0.15) is 0 Å². The summed E-state index contributed by atoms with van der Waals surface area (Å²) in [6.07, 6.45) is 0. The van der Waals surface area contributed by atoms with Crippen molar-refractivity contribution in [1.29, 1.82) is 0 Å². The van der Waals surface area contributed by atoms with Crippen molar-refractivity contribution in [3.63, 3.8) is 0 Å². The molecular formula is C55H35N3. The third kappa shape index (κ3) is 5.98. The molecule has 10 aromatic carbocycles. The van der Waals surface area contributed by atoms with E-state index in [9.17, 15) is 0 Å². The van der Waals surface area contributed by atoms with E-state index in [0.29, 0.717) is 17.5 Å². The molecule has 0 radical (unpaired) electrons. The highest BCUT2D eigenvalue weighted by Crippen LogP contribution is 2.41. The van der Waals surface area contributed by atoms with E-state index in [0.717, 1.165) is 33.4 Å². The summed E-state index contributed by atoms with van der Waals surface area (Å²) in [5, 5.41) is 9.96. The Bertz CT molecular complexity index is 3330. The fourth-order valence-electron chi connectivity index (χ4n) is 8.45. The van der Waals surface area contributed by atoms with Crippen molar-refractivity contribution in [1.82, 2.24) is 15.0 Å². The maximum absolute atomic E-state index is 5.12. The third-order valence-corrected chi connectivity index (χ3v) is 11.3. The summed E-state index contributed by atoms with van der Waals surface area (Å²) in [6, 6.07) is 75.4. The van der Waals surface area contributed by atoms with Crippen LogP contribution in [0.25, 0.3) is 111 Å². The number of fused-ring (bicyclic) bond motifs is 5. The summed E-state index contributed by atoms with van der Waals surface area (Å²) in [6.45, 7) is 0. The summed E-state index contributed by atoms with van der Waals surface area (Å²) < 4.78 is 0. The second kappa shape index (κ2) is 14.1. The van der Waals surface area contributed by atoms with Crippen molar-refractivity contribution in [3.05, 3.63) is 212 Å². The van der Waals surface area contributed by atoms with Crippen LogP contribution >= 0.6 is 0 Å². The van der Waals surface area contributed by atoms with Crippen molar-refractivity contribution in [2.45, 2.75) is 0 Å². The molecule has 0 aliphatic rings. The topological polar surface area (TPSA) is 38.7 Å². The third-order valence-electron chi connectivity index (χ3n) is 11.3. The molecule has 3 nitrogen and oxygen atoms in total. The Labute approximate surface area is 336 Å². The van der Waals surface area contributed by atoms with Gasteiger partial charge in [0.05, 0.1) is 0 Å². The maximum Gasteiger partial charge on any atom is 0.164 e. The molecule has 0 spiro atoms. The minimum Gasteiger partial charge on any atom is -0.208 e. The second-order valence-electron chi connectivity index (χ2n) is 14.8. The summed E-state index contributed by atoms with van der Waals surface area (Å²) in [4.78, 5) is 15.2. The molecular weight excluding hydrogens is 703 g/mol. The molecule has 1 aromatic heterocycles. The van der Waals surface area contributed by atoms with Gasteiger partial charge in [0, 0.05) is 16.7 Å². The lowest BCUT2D eigenvalue weighted by atomic mass is 9.89. The molecule has 0 N–H and O–H groups in total. The zero-order chi connectivity index (χ0) is 38.4. The zero-order valence-electron chi connectivity index (χ0n) is 31.5. The average molecular weight is 738 g/mol. The van der Waals surface area contributed by atoms with Gasteiger partial charge >= 0.3 is 0 Å². The highest BCUT2D eigenvalue weighted by Gasteiger charge is 2.16. The fourth-order valence-corrected chi connectivity index (χ4v) is 8.45. The van der Waals surface area contributed by atoms with Crippen LogP contribution in [0.15, 0.2) is 212 Å². The van der Waals surface area contributed by atoms with Gasteiger partial charge in [0.25, 0.3) is 0 Å². The lowest BCUT2D eigenvalue weighted by Crippen LogP contribution is -2.00. The van der Waals surface area contributed by atoms with Gasteiger partial charge in [-0.3, -0.25) is 0 Å². The molecule has 0 atom stereocenters. The standard InChI is InChI=1S/C55H35N3/c1-2-15-39(16-3-1)53-56-54(40-29-27-38(28-30-40)47-26-12-18-36-13-4-7-23-46(36)47)58-55(57-53)45-22-11-20-42(34-45)41-19-10-21-44(33-41)52-49-25-9-6-17-43(49)35-51-48-24-8-5-14-37(48)31-32-50(51)52/h1-35H. The molecule has 3 heteroatoms. The Balaban J connectivity index is 1.01. The highest BCUT2D eigenvalue weighted by atomic mass is 15.0. The Kier molecular flexibility index (Phi) is 8.15. The average Bonchev–Trinajstić information content (AvgIpc) is 3.31. The van der Waals surface area contributed by atoms with E-state index in [1.165, 1.54) is 59.8 Å². The van der Waals surface area contributed by atoms with Crippen LogP contribution in [0, 0.1) is 0 Å². The van der Waals surface area contributed by atoms with Gasteiger partial charge in [-0.05, 0) is 94.7 Å². The summed E-state index contributed by atoms with van der Waals surface area (Å²) >= 11 is 0. The molecule has 58 heavy (non-hydrogen) atoms. The number of hydrogen-bond donors (Lipinski definition) is 0. The smallest absolute Gasteiger partial charge is 0.164 e. The largest absolute Gasteiger partial charge is 0.208 e. The quantitative estimate of drug-likeness (QED) is 0.126. The number of benzene rings is 10. The SMILES string of the molecule is c1ccc(-c2nc(-c3ccc(-c4cccc5ccccc45)cc3)nc(-c3cccc(-c4cccc(-c5c6ccccc6cc6c5ccc5ccccc56)c4)c3)n2)cc1. The molecule has 0 saturated heterocycles. The van der Waals surface area contributed by atoms with Crippen LogP contribution in [0.5, 0.6) is 0 Å². The van der Waals surface area contributed by atoms with Crippen LogP contribution in [-0.4, -0.2) is 15.0 Å². The van der Waals surface area contributed by atoms with E-state index in [1.807, 2.05) is 30.3 Å². The minimum atomic E-state index is 0.631. The van der Waals surface area contributed by atoms with E-state index in [-0.39, 0.29) is 0 Å². The van der Waals surface area contributed by atoms with E-state index >= 15 is 0 Å². The number of nitrogens with zero attached hydrogens (tertiary/aromatic N) is 3. The monoisotopic (exact) mass is 737 g/mol. The molecule has 11 rings (SSSR count). The number of hydrogen-bond acceptors (Lipinski definition) is 3. The molecule has 0 fully saturated rings. The van der Waals surface area contributed by atoms with Gasteiger partial charge in [-0.15, -0.1) is 0 Å². The molecule has 11 aromatic rings. The van der Waals surface area contributed by atoms with Crippen LogP contribution in [0.3, 0.4) is 0 Å². The molecule has 0 aliphatic carbocycles. The first-order chi connectivity index (χ1) is 28.7. The number of rotatable bonds is 6. The van der Waals surface area contributed by atoms with Gasteiger partial charge in [0.15, 0.2) is 17.5 Å². The van der Waals surface area contributed by atoms with Crippen LogP contribution in [0.2, 0.25) is 0 Å². The van der Waals surface area contributed by atoms with Crippen molar-refractivity contribution in [3.8, 4) is 67.5 Å². The molecule has 1 heterocycles. The zero-order valence-corrected chi connectivity index (χ0v) is 31.5. The van der Waals surface area contributed by atoms with Gasteiger partial charge in [-0.1, -0.05) is 194 Å². The van der Waals surface area contributed by atoms with Gasteiger partial charge in [-0.25, -0.2) is 15.0 Å². The lowest BCUT2D eigenvalue weighted by molar-refractivity contribution is 1.07. The van der Waals surface area contributed by atoms with Gasteiger partial charge in [0.2, 0.25) is 0 Å². The minimum absolute atomic E-state index is 0.631. The molecule has 0 unspecified atom stereocenters. The normalized spacial score (nSPS) is 11.4. The van der Waals surface area contributed by atoms with Crippen molar-refractivity contribution in [2.75, 3.05) is 0 Å². The maximum atomic E-state index is 5.12. The molecule has 0 aliphatic heterocycles. The van der Waals surface area contributed by atoms with Crippen molar-refractivity contribution < 1.29 is 0 Å². The van der Waals surface area contributed by atoms with E-state index in [4.69, 9.17) is 15.0 Å². The Hall–Kier alpha value is -7.75. The summed E-state index contributed by atoms with van der Waals surface area (Å²) in [5.41, 5.74) is 9.81. The molecule has 270 valence electrons. The van der Waals surface area contributed by atoms with E-state index < -0.39 is 0 Å². The van der Waals surface area contributed by atoms with Crippen LogP contribution in [-0.2, 0) is 0 Å². The second-order valence-corrected chi connectivity index (χ2v) is 14.8. The van der Waals surface area contributed by atoms with Crippen molar-refractivity contribution >= 4 is 43.1 Å². The molecule has 0 amide bonds. The first-order valence-corrected chi connectivity index (χ1v) is 19.7. The summed E-state index contributed by atoms with van der Waals surface area (Å²) in [5.74, 6) is 1.91. The Morgan fingerprint density at radius 2 is 0.707 bits per heavy atom. The van der Waals surface area contributed by atoms with E-state index in [1.54, 1.807) is 0 Å².